The lowest BCUT2D eigenvalue weighted by Gasteiger charge is -2.31. The second-order valence-electron chi connectivity index (χ2n) is 6.93. The summed E-state index contributed by atoms with van der Waals surface area (Å²) in [6.07, 6.45) is 2.08. The predicted octanol–water partition coefficient (Wildman–Crippen LogP) is 1.40. The minimum Gasteiger partial charge on any atom is -0.361 e. The molecule has 0 radical (unpaired) electrons. The quantitative estimate of drug-likeness (QED) is 0.713. The lowest BCUT2D eigenvalue weighted by atomic mass is 10.1. The van der Waals surface area contributed by atoms with Crippen LogP contribution in [0.3, 0.4) is 0 Å². The molecule has 1 saturated heterocycles. The molecule has 0 atom stereocenters. The van der Waals surface area contributed by atoms with Crippen molar-refractivity contribution in [3.63, 3.8) is 0 Å². The van der Waals surface area contributed by atoms with E-state index in [2.05, 4.69) is 29.4 Å². The van der Waals surface area contributed by atoms with Gasteiger partial charge in [-0.2, -0.15) is 4.31 Å². The van der Waals surface area contributed by atoms with Crippen molar-refractivity contribution in [2.24, 2.45) is 0 Å². The van der Waals surface area contributed by atoms with Crippen LogP contribution < -0.4 is 4.90 Å². The fourth-order valence-corrected chi connectivity index (χ4v) is 5.22. The second kappa shape index (κ2) is 7.23. The Balaban J connectivity index is 1.38. The third-order valence-corrected chi connectivity index (χ3v) is 6.98. The number of sulfonamides is 1. The monoisotopic (exact) mass is 370 g/mol. The van der Waals surface area contributed by atoms with Crippen LogP contribution in [0.1, 0.15) is 11.1 Å². The lowest BCUT2D eigenvalue weighted by Crippen LogP contribution is -3.13. The van der Waals surface area contributed by atoms with Gasteiger partial charge in [0.1, 0.15) is 6.54 Å². The van der Waals surface area contributed by atoms with E-state index in [-0.39, 0.29) is 5.75 Å². The average Bonchev–Trinajstić information content (AvgIpc) is 3.06. The SMILES string of the molecule is O=S(=O)(Cc1ccccc1)N1CC[NH+](Cc2c[nH]c3ccccc23)CC1. The van der Waals surface area contributed by atoms with E-state index in [0.29, 0.717) is 13.1 Å². The number of aromatic nitrogens is 1. The van der Waals surface area contributed by atoms with E-state index in [1.165, 1.54) is 15.8 Å². The van der Waals surface area contributed by atoms with Crippen LogP contribution in [0, 0.1) is 0 Å². The highest BCUT2D eigenvalue weighted by Crippen LogP contribution is 2.17. The number of hydrogen-bond acceptors (Lipinski definition) is 2. The van der Waals surface area contributed by atoms with Crippen LogP contribution in [0.25, 0.3) is 10.9 Å². The molecule has 136 valence electrons. The minimum atomic E-state index is -3.24. The van der Waals surface area contributed by atoms with Crippen LogP contribution in [-0.2, 0) is 22.3 Å². The van der Waals surface area contributed by atoms with Crippen molar-refractivity contribution in [3.05, 3.63) is 71.9 Å². The maximum atomic E-state index is 12.7. The van der Waals surface area contributed by atoms with E-state index in [0.717, 1.165) is 30.7 Å². The number of fused-ring (bicyclic) bond motifs is 1. The summed E-state index contributed by atoms with van der Waals surface area (Å²) in [7, 11) is -3.24. The number of hydrogen-bond donors (Lipinski definition) is 2. The zero-order valence-electron chi connectivity index (χ0n) is 14.7. The third kappa shape index (κ3) is 3.67. The smallest absolute Gasteiger partial charge is 0.218 e. The Morgan fingerprint density at radius 2 is 1.65 bits per heavy atom. The summed E-state index contributed by atoms with van der Waals surface area (Å²) in [5.74, 6) is 0.0889. The normalized spacial score (nSPS) is 16.9. The number of nitrogens with one attached hydrogen (secondary N) is 2. The van der Waals surface area contributed by atoms with Gasteiger partial charge < -0.3 is 9.88 Å². The Morgan fingerprint density at radius 1 is 0.962 bits per heavy atom. The number of benzene rings is 2. The number of nitrogens with zero attached hydrogens (tertiary/aromatic N) is 1. The van der Waals surface area contributed by atoms with Gasteiger partial charge in [0.25, 0.3) is 0 Å². The van der Waals surface area contributed by atoms with Gasteiger partial charge in [0.2, 0.25) is 10.0 Å². The van der Waals surface area contributed by atoms with Crippen LogP contribution in [0.4, 0.5) is 0 Å². The highest BCUT2D eigenvalue weighted by molar-refractivity contribution is 7.88. The summed E-state index contributed by atoms with van der Waals surface area (Å²) in [6, 6.07) is 17.7. The van der Waals surface area contributed by atoms with Gasteiger partial charge in [0.15, 0.2) is 0 Å². The van der Waals surface area contributed by atoms with E-state index in [1.807, 2.05) is 36.4 Å². The van der Waals surface area contributed by atoms with Gasteiger partial charge in [-0.3, -0.25) is 0 Å². The molecule has 0 spiro atoms. The molecule has 0 bridgehead atoms. The molecule has 1 fully saturated rings. The molecule has 2 aromatic carbocycles. The molecule has 26 heavy (non-hydrogen) atoms. The maximum Gasteiger partial charge on any atom is 0.218 e. The second-order valence-corrected chi connectivity index (χ2v) is 8.90. The Kier molecular flexibility index (Phi) is 4.80. The van der Waals surface area contributed by atoms with E-state index in [1.54, 1.807) is 4.31 Å². The average molecular weight is 370 g/mol. The van der Waals surface area contributed by atoms with Crippen LogP contribution >= 0.6 is 0 Å². The first kappa shape index (κ1) is 17.3. The van der Waals surface area contributed by atoms with E-state index in [4.69, 9.17) is 0 Å². The number of quaternary nitrogens is 1. The molecular weight excluding hydrogens is 346 g/mol. The van der Waals surface area contributed by atoms with Gasteiger partial charge in [0, 0.05) is 22.7 Å². The molecule has 2 heterocycles. The first-order valence-electron chi connectivity index (χ1n) is 9.02. The van der Waals surface area contributed by atoms with Gasteiger partial charge in [-0.1, -0.05) is 48.5 Å². The molecule has 1 aromatic heterocycles. The fraction of sp³-hybridized carbons (Fsp3) is 0.300. The molecular formula is C20H24N3O2S+. The van der Waals surface area contributed by atoms with Crippen molar-refractivity contribution in [3.8, 4) is 0 Å². The predicted molar refractivity (Wildman–Crippen MR) is 103 cm³/mol. The molecule has 6 heteroatoms. The lowest BCUT2D eigenvalue weighted by molar-refractivity contribution is -0.917. The van der Waals surface area contributed by atoms with Gasteiger partial charge >= 0.3 is 0 Å². The Hall–Kier alpha value is -2.15. The summed E-state index contributed by atoms with van der Waals surface area (Å²) < 4.78 is 27.0. The molecule has 0 aliphatic carbocycles. The number of piperazine rings is 1. The zero-order chi connectivity index (χ0) is 18.0. The van der Waals surface area contributed by atoms with Gasteiger partial charge in [-0.05, 0) is 11.6 Å². The van der Waals surface area contributed by atoms with E-state index >= 15 is 0 Å². The number of para-hydroxylation sites is 1. The summed E-state index contributed by atoms with van der Waals surface area (Å²) in [6.45, 7) is 3.79. The fourth-order valence-electron chi connectivity index (χ4n) is 3.68. The molecule has 2 N–H and O–H groups in total. The highest BCUT2D eigenvalue weighted by atomic mass is 32.2. The maximum absolute atomic E-state index is 12.7. The van der Waals surface area contributed by atoms with Crippen LogP contribution in [-0.4, -0.2) is 43.9 Å². The molecule has 4 rings (SSSR count). The van der Waals surface area contributed by atoms with Crippen LogP contribution in [0.2, 0.25) is 0 Å². The molecule has 3 aromatic rings. The van der Waals surface area contributed by atoms with E-state index < -0.39 is 10.0 Å². The number of rotatable bonds is 5. The minimum absolute atomic E-state index is 0.0889. The van der Waals surface area contributed by atoms with Gasteiger partial charge in [0.05, 0.1) is 31.9 Å². The molecule has 0 unspecified atom stereocenters. The van der Waals surface area contributed by atoms with Crippen molar-refractivity contribution in [1.82, 2.24) is 9.29 Å². The van der Waals surface area contributed by atoms with Crippen molar-refractivity contribution < 1.29 is 13.3 Å². The molecule has 1 aliphatic rings. The van der Waals surface area contributed by atoms with Gasteiger partial charge in [-0.25, -0.2) is 8.42 Å². The van der Waals surface area contributed by atoms with Crippen LogP contribution in [0.5, 0.6) is 0 Å². The molecule has 5 nitrogen and oxygen atoms in total. The summed E-state index contributed by atoms with van der Waals surface area (Å²) in [4.78, 5) is 4.75. The van der Waals surface area contributed by atoms with Crippen LogP contribution in [0.15, 0.2) is 60.8 Å². The number of aromatic amines is 1. The third-order valence-electron chi connectivity index (χ3n) is 5.13. The summed E-state index contributed by atoms with van der Waals surface area (Å²) in [5, 5.41) is 1.26. The summed E-state index contributed by atoms with van der Waals surface area (Å²) >= 11 is 0. The summed E-state index contributed by atoms with van der Waals surface area (Å²) in [5.41, 5.74) is 3.31. The van der Waals surface area contributed by atoms with Crippen molar-refractivity contribution >= 4 is 20.9 Å². The Bertz CT molecular complexity index is 974. The highest BCUT2D eigenvalue weighted by Gasteiger charge is 2.29. The molecule has 0 saturated carbocycles. The first-order chi connectivity index (χ1) is 12.6. The largest absolute Gasteiger partial charge is 0.361 e. The standard InChI is InChI=1S/C20H23N3O2S/c24-26(25,16-17-6-2-1-3-7-17)23-12-10-22(11-13-23)15-18-14-21-20-9-5-4-8-19(18)20/h1-9,14,21H,10-13,15-16H2/p+1. The van der Waals surface area contributed by atoms with Crippen molar-refractivity contribution in [2.45, 2.75) is 12.3 Å². The Labute approximate surface area is 154 Å². The van der Waals surface area contributed by atoms with Crippen molar-refractivity contribution in [2.75, 3.05) is 26.2 Å². The zero-order valence-corrected chi connectivity index (χ0v) is 15.5. The molecule has 0 amide bonds. The Morgan fingerprint density at radius 3 is 2.42 bits per heavy atom. The van der Waals surface area contributed by atoms with Crippen molar-refractivity contribution in [1.29, 1.82) is 0 Å². The first-order valence-corrected chi connectivity index (χ1v) is 10.6. The topological polar surface area (TPSA) is 57.6 Å². The molecule has 1 aliphatic heterocycles. The van der Waals surface area contributed by atoms with Gasteiger partial charge in [-0.15, -0.1) is 0 Å². The number of H-pyrrole nitrogens is 1. The van der Waals surface area contributed by atoms with E-state index in [9.17, 15) is 8.42 Å².